The van der Waals surface area contributed by atoms with E-state index in [2.05, 4.69) is 45.1 Å². The molecule has 0 radical (unpaired) electrons. The largest absolute Gasteiger partial charge is 0.339 e. The summed E-state index contributed by atoms with van der Waals surface area (Å²) in [5.41, 5.74) is 4.17. The van der Waals surface area contributed by atoms with E-state index in [-0.39, 0.29) is 5.91 Å². The zero-order valence-electron chi connectivity index (χ0n) is 16.8. The van der Waals surface area contributed by atoms with Crippen LogP contribution in [0.3, 0.4) is 0 Å². The van der Waals surface area contributed by atoms with Crippen LogP contribution in [0.2, 0.25) is 0 Å². The highest BCUT2D eigenvalue weighted by Crippen LogP contribution is 2.25. The highest BCUT2D eigenvalue weighted by molar-refractivity contribution is 5.78. The van der Waals surface area contributed by atoms with E-state index in [0.717, 1.165) is 44.7 Å². The number of aromatic nitrogens is 1. The fraction of sp³-hybridized carbons (Fsp3) is 0.478. The van der Waals surface area contributed by atoms with Gasteiger partial charge in [0, 0.05) is 51.2 Å². The number of rotatable bonds is 5. The molecule has 0 N–H and O–H groups in total. The van der Waals surface area contributed by atoms with Gasteiger partial charge in [-0.05, 0) is 49.1 Å². The Hall–Kier alpha value is -2.24. The predicted molar refractivity (Wildman–Crippen MR) is 111 cm³/mol. The van der Waals surface area contributed by atoms with Gasteiger partial charge in [0.25, 0.3) is 0 Å². The zero-order valence-corrected chi connectivity index (χ0v) is 16.8. The number of benzene rings is 1. The zero-order chi connectivity index (χ0) is 19.3. The van der Waals surface area contributed by atoms with E-state index >= 15 is 0 Å². The number of piperazine rings is 1. The van der Waals surface area contributed by atoms with Gasteiger partial charge in [-0.15, -0.1) is 0 Å². The van der Waals surface area contributed by atoms with Crippen molar-refractivity contribution in [1.29, 1.82) is 0 Å². The Balaban J connectivity index is 1.24. The first-order chi connectivity index (χ1) is 13.7. The minimum atomic E-state index is 0.236. The lowest BCUT2D eigenvalue weighted by Gasteiger charge is -2.41. The summed E-state index contributed by atoms with van der Waals surface area (Å²) >= 11 is 0. The summed E-state index contributed by atoms with van der Waals surface area (Å²) in [5.74, 6) is 0.236. The van der Waals surface area contributed by atoms with Gasteiger partial charge in [0.2, 0.25) is 5.91 Å². The second-order valence-electron chi connectivity index (χ2n) is 8.12. The lowest BCUT2D eigenvalue weighted by Crippen LogP contribution is -2.54. The monoisotopic (exact) mass is 378 g/mol. The molecule has 148 valence electrons. The number of hydrogen-bond acceptors (Lipinski definition) is 4. The van der Waals surface area contributed by atoms with Crippen LogP contribution in [0.15, 0.2) is 48.8 Å². The summed E-state index contributed by atoms with van der Waals surface area (Å²) in [5, 5.41) is 0. The molecule has 1 aromatic heterocycles. The Morgan fingerprint density at radius 1 is 1.11 bits per heavy atom. The maximum atomic E-state index is 12.7. The molecule has 1 saturated heterocycles. The van der Waals surface area contributed by atoms with Crippen molar-refractivity contribution in [2.75, 3.05) is 39.8 Å². The topological polar surface area (TPSA) is 39.7 Å². The van der Waals surface area contributed by atoms with E-state index in [1.54, 1.807) is 6.20 Å². The van der Waals surface area contributed by atoms with Crippen molar-refractivity contribution in [3.8, 4) is 0 Å². The Morgan fingerprint density at radius 2 is 1.89 bits per heavy atom. The number of hydrogen-bond donors (Lipinski definition) is 0. The summed E-state index contributed by atoms with van der Waals surface area (Å²) in [4.78, 5) is 23.5. The second-order valence-corrected chi connectivity index (χ2v) is 8.12. The summed E-state index contributed by atoms with van der Waals surface area (Å²) in [6, 6.07) is 13.5. The van der Waals surface area contributed by atoms with E-state index in [4.69, 9.17) is 0 Å². The third-order valence-corrected chi connectivity index (χ3v) is 6.08. The van der Waals surface area contributed by atoms with Crippen LogP contribution < -0.4 is 0 Å². The van der Waals surface area contributed by atoms with Gasteiger partial charge < -0.3 is 4.90 Å². The van der Waals surface area contributed by atoms with Gasteiger partial charge >= 0.3 is 0 Å². The number of amides is 1. The molecule has 1 fully saturated rings. The molecule has 1 aliphatic carbocycles. The minimum absolute atomic E-state index is 0.236. The third kappa shape index (κ3) is 4.59. The molecule has 0 saturated carbocycles. The van der Waals surface area contributed by atoms with Crippen molar-refractivity contribution >= 4 is 5.91 Å². The van der Waals surface area contributed by atoms with Gasteiger partial charge in [-0.25, -0.2) is 0 Å². The highest BCUT2D eigenvalue weighted by atomic mass is 16.2. The quantitative estimate of drug-likeness (QED) is 0.800. The molecular weight excluding hydrogens is 348 g/mol. The lowest BCUT2D eigenvalue weighted by atomic mass is 9.87. The first-order valence-electron chi connectivity index (χ1n) is 10.3. The number of aryl methyl sites for hydroxylation is 1. The van der Waals surface area contributed by atoms with Crippen LogP contribution >= 0.6 is 0 Å². The number of fused-ring (bicyclic) bond motifs is 1. The summed E-state index contributed by atoms with van der Waals surface area (Å²) in [7, 11) is 2.00. The van der Waals surface area contributed by atoms with E-state index in [9.17, 15) is 4.79 Å². The molecule has 1 unspecified atom stereocenters. The van der Waals surface area contributed by atoms with Gasteiger partial charge in [0.1, 0.15) is 0 Å². The smallest absolute Gasteiger partial charge is 0.236 e. The Kier molecular flexibility index (Phi) is 6.03. The van der Waals surface area contributed by atoms with Crippen molar-refractivity contribution < 1.29 is 4.79 Å². The third-order valence-electron chi connectivity index (χ3n) is 6.08. The molecule has 2 heterocycles. The fourth-order valence-electron chi connectivity index (χ4n) is 4.52. The molecule has 1 aliphatic heterocycles. The van der Waals surface area contributed by atoms with Crippen molar-refractivity contribution in [1.82, 2.24) is 19.7 Å². The molecule has 1 aromatic carbocycles. The molecule has 2 aliphatic rings. The molecule has 1 atom stereocenters. The number of likely N-dealkylation sites (N-methyl/N-ethyl adjacent to an activating group) is 1. The van der Waals surface area contributed by atoms with E-state index in [1.807, 2.05) is 24.2 Å². The molecule has 5 heteroatoms. The van der Waals surface area contributed by atoms with Crippen LogP contribution in [0.1, 0.15) is 23.1 Å². The summed E-state index contributed by atoms with van der Waals surface area (Å²) < 4.78 is 0. The Labute approximate surface area is 168 Å². The number of nitrogens with zero attached hydrogens (tertiary/aromatic N) is 4. The average molecular weight is 379 g/mol. The van der Waals surface area contributed by atoms with Crippen LogP contribution in [0.25, 0.3) is 0 Å². The van der Waals surface area contributed by atoms with Crippen molar-refractivity contribution in [2.24, 2.45) is 0 Å². The van der Waals surface area contributed by atoms with Crippen LogP contribution in [0.5, 0.6) is 0 Å². The molecule has 0 spiro atoms. The van der Waals surface area contributed by atoms with Gasteiger partial charge in [-0.2, -0.15) is 0 Å². The van der Waals surface area contributed by atoms with Gasteiger partial charge in [-0.1, -0.05) is 30.3 Å². The minimum Gasteiger partial charge on any atom is -0.339 e. The summed E-state index contributed by atoms with van der Waals surface area (Å²) in [6.45, 7) is 4.89. The second kappa shape index (κ2) is 8.84. The van der Waals surface area contributed by atoms with Crippen LogP contribution in [0, 0.1) is 0 Å². The van der Waals surface area contributed by atoms with E-state index in [0.29, 0.717) is 12.6 Å². The maximum absolute atomic E-state index is 12.7. The summed E-state index contributed by atoms with van der Waals surface area (Å²) in [6.07, 6.45) is 7.21. The Bertz CT molecular complexity index is 786. The lowest BCUT2D eigenvalue weighted by molar-refractivity contribution is -0.134. The van der Waals surface area contributed by atoms with E-state index < -0.39 is 0 Å². The fourth-order valence-corrected chi connectivity index (χ4v) is 4.52. The molecule has 28 heavy (non-hydrogen) atoms. The van der Waals surface area contributed by atoms with Crippen molar-refractivity contribution in [3.63, 3.8) is 0 Å². The molecular formula is C23H30N4O. The van der Waals surface area contributed by atoms with E-state index in [1.165, 1.54) is 24.0 Å². The van der Waals surface area contributed by atoms with Crippen LogP contribution in [-0.4, -0.2) is 71.4 Å². The Morgan fingerprint density at radius 3 is 2.64 bits per heavy atom. The standard InChI is InChI=1S/C23H30N4O/c1-25(17-19-5-4-10-24-16-19)18-23(28)27-13-11-26(12-14-27)22-9-8-20-6-2-3-7-21(20)15-22/h2-7,10,16,22H,8-9,11-15,17-18H2,1H3. The van der Waals surface area contributed by atoms with Crippen molar-refractivity contribution in [2.45, 2.75) is 31.8 Å². The predicted octanol–water partition coefficient (Wildman–Crippen LogP) is 2.22. The molecule has 4 rings (SSSR count). The number of carbonyl (C=O) groups excluding carboxylic acids is 1. The molecule has 1 amide bonds. The number of carbonyl (C=O) groups is 1. The first-order valence-corrected chi connectivity index (χ1v) is 10.3. The van der Waals surface area contributed by atoms with Crippen molar-refractivity contribution in [3.05, 3.63) is 65.5 Å². The maximum Gasteiger partial charge on any atom is 0.236 e. The average Bonchev–Trinajstić information content (AvgIpc) is 2.74. The van der Waals surface area contributed by atoms with Crippen LogP contribution in [-0.2, 0) is 24.2 Å². The first kappa shape index (κ1) is 19.1. The molecule has 2 aromatic rings. The van der Waals surface area contributed by atoms with Gasteiger partial charge in [-0.3, -0.25) is 19.6 Å². The highest BCUT2D eigenvalue weighted by Gasteiger charge is 2.28. The number of pyridine rings is 1. The molecule has 5 nitrogen and oxygen atoms in total. The van der Waals surface area contributed by atoms with Crippen LogP contribution in [0.4, 0.5) is 0 Å². The molecule has 0 bridgehead atoms. The SMILES string of the molecule is CN(CC(=O)N1CCN(C2CCc3ccccc3C2)CC1)Cc1cccnc1. The normalized spacial score (nSPS) is 20.2. The van der Waals surface area contributed by atoms with Gasteiger partial charge in [0.15, 0.2) is 0 Å². The van der Waals surface area contributed by atoms with Gasteiger partial charge in [0.05, 0.1) is 6.54 Å².